The van der Waals surface area contributed by atoms with Gasteiger partial charge in [-0.1, -0.05) is 11.6 Å². The standard InChI is InChI=1S/C20H15Cl2N5O2/c1-29-17-3-2-12(9-24-17)18-19(26-14-7-13(22)10-25-20(14)18)11-4-5-23-15(6-11)27-16(28)8-21/h2-7,9-10,26H,8H2,1H3,(H,23,27,28). The van der Waals surface area contributed by atoms with E-state index in [0.717, 1.165) is 33.4 Å². The topological polar surface area (TPSA) is 92.8 Å². The van der Waals surface area contributed by atoms with Crippen molar-refractivity contribution in [3.05, 3.63) is 53.9 Å². The summed E-state index contributed by atoms with van der Waals surface area (Å²) in [7, 11) is 1.57. The van der Waals surface area contributed by atoms with Gasteiger partial charge in [0.1, 0.15) is 11.7 Å². The van der Waals surface area contributed by atoms with E-state index < -0.39 is 0 Å². The van der Waals surface area contributed by atoms with Gasteiger partial charge in [-0.15, -0.1) is 11.6 Å². The highest BCUT2D eigenvalue weighted by Crippen LogP contribution is 2.38. The van der Waals surface area contributed by atoms with Gasteiger partial charge in [0.25, 0.3) is 0 Å². The van der Waals surface area contributed by atoms with E-state index >= 15 is 0 Å². The maximum Gasteiger partial charge on any atom is 0.240 e. The SMILES string of the molecule is COc1ccc(-c2c(-c3ccnc(NC(=O)CCl)c3)[nH]c3cc(Cl)cnc23)cn1. The monoisotopic (exact) mass is 427 g/mol. The predicted molar refractivity (Wildman–Crippen MR) is 113 cm³/mol. The number of pyridine rings is 3. The number of carbonyl (C=O) groups is 1. The van der Waals surface area contributed by atoms with Crippen LogP contribution in [0.5, 0.6) is 5.88 Å². The molecule has 1 amide bonds. The second-order valence-corrected chi connectivity index (χ2v) is 6.83. The number of aromatic amines is 1. The van der Waals surface area contributed by atoms with E-state index in [-0.39, 0.29) is 11.8 Å². The van der Waals surface area contributed by atoms with Gasteiger partial charge in [-0.3, -0.25) is 9.78 Å². The number of amides is 1. The summed E-state index contributed by atoms with van der Waals surface area (Å²) in [5.74, 6) is 0.433. The van der Waals surface area contributed by atoms with Gasteiger partial charge in [0.15, 0.2) is 0 Å². The zero-order valence-corrected chi connectivity index (χ0v) is 16.8. The van der Waals surface area contributed by atoms with Crippen molar-refractivity contribution in [3.8, 4) is 28.3 Å². The van der Waals surface area contributed by atoms with E-state index in [9.17, 15) is 4.79 Å². The van der Waals surface area contributed by atoms with Crippen LogP contribution in [-0.2, 0) is 4.79 Å². The van der Waals surface area contributed by atoms with E-state index in [1.807, 2.05) is 18.2 Å². The van der Waals surface area contributed by atoms with Gasteiger partial charge >= 0.3 is 0 Å². The number of hydrogen-bond donors (Lipinski definition) is 2. The molecular weight excluding hydrogens is 413 g/mol. The Balaban J connectivity index is 1.89. The number of carbonyl (C=O) groups excluding carboxylic acids is 1. The minimum Gasteiger partial charge on any atom is -0.481 e. The van der Waals surface area contributed by atoms with Crippen molar-refractivity contribution in [3.63, 3.8) is 0 Å². The van der Waals surface area contributed by atoms with E-state index in [0.29, 0.717) is 16.7 Å². The Kier molecular flexibility index (Phi) is 5.33. The molecule has 146 valence electrons. The van der Waals surface area contributed by atoms with Crippen LogP contribution in [0.4, 0.5) is 5.82 Å². The third kappa shape index (κ3) is 3.87. The molecule has 0 aromatic carbocycles. The first-order valence-electron chi connectivity index (χ1n) is 8.59. The van der Waals surface area contributed by atoms with Gasteiger partial charge in [0.05, 0.1) is 28.9 Å². The molecule has 7 nitrogen and oxygen atoms in total. The molecule has 4 heterocycles. The number of anilines is 1. The van der Waals surface area contributed by atoms with Gasteiger partial charge in [-0.05, 0) is 24.3 Å². The molecule has 0 atom stereocenters. The average molecular weight is 428 g/mol. The summed E-state index contributed by atoms with van der Waals surface area (Å²) in [6.45, 7) is 0. The lowest BCUT2D eigenvalue weighted by Gasteiger charge is -2.08. The Morgan fingerprint density at radius 2 is 2.00 bits per heavy atom. The van der Waals surface area contributed by atoms with E-state index in [4.69, 9.17) is 27.9 Å². The maximum absolute atomic E-state index is 11.6. The molecule has 29 heavy (non-hydrogen) atoms. The van der Waals surface area contributed by atoms with E-state index in [1.165, 1.54) is 0 Å². The van der Waals surface area contributed by atoms with Crippen molar-refractivity contribution in [1.82, 2.24) is 19.9 Å². The van der Waals surface area contributed by atoms with E-state index in [2.05, 4.69) is 25.3 Å². The molecule has 0 radical (unpaired) electrons. The molecular formula is C20H15Cl2N5O2. The highest BCUT2D eigenvalue weighted by Gasteiger charge is 2.18. The molecule has 0 aliphatic carbocycles. The number of H-pyrrole nitrogens is 1. The Hall–Kier alpha value is -3.16. The first kappa shape index (κ1) is 19.2. The molecule has 0 saturated carbocycles. The first-order valence-corrected chi connectivity index (χ1v) is 9.50. The van der Waals surface area contributed by atoms with Crippen LogP contribution < -0.4 is 10.1 Å². The number of halogens is 2. The molecule has 4 rings (SSSR count). The number of nitrogens with one attached hydrogen (secondary N) is 2. The van der Waals surface area contributed by atoms with Crippen LogP contribution in [0.25, 0.3) is 33.4 Å². The molecule has 9 heteroatoms. The zero-order chi connectivity index (χ0) is 20.4. The van der Waals surface area contributed by atoms with Crippen LogP contribution >= 0.6 is 23.2 Å². The molecule has 0 aliphatic rings. The summed E-state index contributed by atoms with van der Waals surface area (Å²) in [5, 5.41) is 3.18. The number of hydrogen-bond acceptors (Lipinski definition) is 5. The molecule has 0 fully saturated rings. The summed E-state index contributed by atoms with van der Waals surface area (Å²) < 4.78 is 5.16. The largest absolute Gasteiger partial charge is 0.481 e. The van der Waals surface area contributed by atoms with Crippen LogP contribution in [0.15, 0.2) is 48.9 Å². The van der Waals surface area contributed by atoms with Crippen molar-refractivity contribution in [2.24, 2.45) is 0 Å². The van der Waals surface area contributed by atoms with E-state index in [1.54, 1.807) is 37.8 Å². The molecule has 0 aliphatic heterocycles. The molecule has 4 aromatic rings. The smallest absolute Gasteiger partial charge is 0.240 e. The van der Waals surface area contributed by atoms with Gasteiger partial charge in [-0.2, -0.15) is 0 Å². The first-order chi connectivity index (χ1) is 14.1. The normalized spacial score (nSPS) is 10.9. The summed E-state index contributed by atoms with van der Waals surface area (Å²) in [6, 6.07) is 9.10. The molecule has 0 saturated heterocycles. The third-order valence-corrected chi connectivity index (χ3v) is 4.72. The lowest BCUT2D eigenvalue weighted by atomic mass is 10.0. The minimum atomic E-state index is -0.332. The van der Waals surface area contributed by atoms with Crippen molar-refractivity contribution < 1.29 is 9.53 Å². The number of alkyl halides is 1. The third-order valence-electron chi connectivity index (χ3n) is 4.27. The lowest BCUT2D eigenvalue weighted by Crippen LogP contribution is -2.13. The van der Waals surface area contributed by atoms with Crippen molar-refractivity contribution in [2.45, 2.75) is 0 Å². The summed E-state index contributed by atoms with van der Waals surface area (Å²) >= 11 is 11.7. The van der Waals surface area contributed by atoms with Crippen molar-refractivity contribution in [2.75, 3.05) is 18.3 Å². The Bertz CT molecular complexity index is 1190. The number of rotatable bonds is 5. The van der Waals surface area contributed by atoms with Gasteiger partial charge in [0.2, 0.25) is 11.8 Å². The maximum atomic E-state index is 11.6. The second kappa shape index (κ2) is 8.06. The Labute approximate surface area is 176 Å². The Morgan fingerprint density at radius 3 is 2.72 bits per heavy atom. The molecule has 0 spiro atoms. The van der Waals surface area contributed by atoms with Gasteiger partial charge in [-0.25, -0.2) is 9.97 Å². The zero-order valence-electron chi connectivity index (χ0n) is 15.2. The van der Waals surface area contributed by atoms with Crippen molar-refractivity contribution >= 4 is 46.0 Å². The summed E-state index contributed by atoms with van der Waals surface area (Å²) in [4.78, 5) is 28.0. The summed E-state index contributed by atoms with van der Waals surface area (Å²) in [5.41, 5.74) is 4.84. The van der Waals surface area contributed by atoms with Crippen LogP contribution in [0.3, 0.4) is 0 Å². The minimum absolute atomic E-state index is 0.149. The fraction of sp³-hybridized carbons (Fsp3) is 0.100. The van der Waals surface area contributed by atoms with Crippen LogP contribution in [0.2, 0.25) is 5.02 Å². The van der Waals surface area contributed by atoms with Crippen molar-refractivity contribution in [1.29, 1.82) is 0 Å². The number of ether oxygens (including phenoxy) is 1. The summed E-state index contributed by atoms with van der Waals surface area (Å²) in [6.07, 6.45) is 4.93. The number of fused-ring (bicyclic) bond motifs is 1. The highest BCUT2D eigenvalue weighted by molar-refractivity contribution is 6.31. The Morgan fingerprint density at radius 1 is 1.14 bits per heavy atom. The fourth-order valence-corrected chi connectivity index (χ4v) is 3.25. The second-order valence-electron chi connectivity index (χ2n) is 6.13. The molecule has 2 N–H and O–H groups in total. The quantitative estimate of drug-likeness (QED) is 0.456. The number of nitrogens with zero attached hydrogens (tertiary/aromatic N) is 3. The predicted octanol–water partition coefficient (Wildman–Crippen LogP) is 4.53. The molecule has 4 aromatic heterocycles. The fourth-order valence-electron chi connectivity index (χ4n) is 3.03. The van der Waals surface area contributed by atoms with Crippen LogP contribution in [0, 0.1) is 0 Å². The lowest BCUT2D eigenvalue weighted by molar-refractivity contribution is -0.113. The van der Waals surface area contributed by atoms with Crippen LogP contribution in [0.1, 0.15) is 0 Å². The average Bonchev–Trinajstić information content (AvgIpc) is 3.12. The van der Waals surface area contributed by atoms with Gasteiger partial charge < -0.3 is 15.0 Å². The molecule has 0 bridgehead atoms. The highest BCUT2D eigenvalue weighted by atomic mass is 35.5. The number of methoxy groups -OCH3 is 1. The number of aromatic nitrogens is 4. The van der Waals surface area contributed by atoms with Crippen LogP contribution in [-0.4, -0.2) is 38.8 Å². The van der Waals surface area contributed by atoms with Gasteiger partial charge in [0, 0.05) is 41.3 Å². The molecule has 0 unspecified atom stereocenters.